The maximum atomic E-state index is 11.8. The lowest BCUT2D eigenvalue weighted by Gasteiger charge is -2.35. The summed E-state index contributed by atoms with van der Waals surface area (Å²) in [6.07, 6.45) is 1.70. The zero-order chi connectivity index (χ0) is 14.3. The molecule has 1 aliphatic heterocycles. The summed E-state index contributed by atoms with van der Waals surface area (Å²) in [5.74, 6) is 0.339. The molecule has 0 saturated carbocycles. The number of ether oxygens (including phenoxy) is 2. The average molecular weight is 271 g/mol. The summed E-state index contributed by atoms with van der Waals surface area (Å²) in [5.41, 5.74) is 0. The van der Waals surface area contributed by atoms with E-state index in [2.05, 4.69) is 11.8 Å². The molecule has 1 rings (SSSR count). The highest BCUT2D eigenvalue weighted by Gasteiger charge is 2.26. The van der Waals surface area contributed by atoms with Crippen molar-refractivity contribution in [3.8, 4) is 0 Å². The van der Waals surface area contributed by atoms with Crippen molar-refractivity contribution in [3.63, 3.8) is 0 Å². The van der Waals surface area contributed by atoms with Gasteiger partial charge in [0.25, 0.3) is 0 Å². The molecule has 1 saturated heterocycles. The van der Waals surface area contributed by atoms with Gasteiger partial charge in [0.1, 0.15) is 5.78 Å². The summed E-state index contributed by atoms with van der Waals surface area (Å²) in [7, 11) is 1.72. The third kappa shape index (κ3) is 5.70. The minimum absolute atomic E-state index is 0.0949. The van der Waals surface area contributed by atoms with Gasteiger partial charge >= 0.3 is 5.97 Å². The molecular weight excluding hydrogens is 246 g/mol. The number of esters is 1. The van der Waals surface area contributed by atoms with Crippen LogP contribution in [0.2, 0.25) is 0 Å². The number of hydrogen-bond donors (Lipinski definition) is 0. The van der Waals surface area contributed by atoms with Crippen LogP contribution in [0.1, 0.15) is 33.1 Å². The van der Waals surface area contributed by atoms with E-state index in [1.54, 1.807) is 14.0 Å². The lowest BCUT2D eigenvalue weighted by molar-refractivity contribution is -0.144. The molecule has 1 fully saturated rings. The molecule has 0 spiro atoms. The molecule has 0 aromatic carbocycles. The van der Waals surface area contributed by atoms with Gasteiger partial charge in [-0.15, -0.1) is 0 Å². The Morgan fingerprint density at radius 2 is 2.05 bits per heavy atom. The first-order chi connectivity index (χ1) is 9.06. The van der Waals surface area contributed by atoms with E-state index < -0.39 is 0 Å². The van der Waals surface area contributed by atoms with Gasteiger partial charge in [-0.25, -0.2) is 0 Å². The van der Waals surface area contributed by atoms with E-state index in [1.807, 2.05) is 0 Å². The van der Waals surface area contributed by atoms with E-state index >= 15 is 0 Å². The maximum Gasteiger partial charge on any atom is 0.306 e. The number of Topliss-reactive ketones (excluding diaryl/α,β-unsaturated/α-hetero) is 1. The van der Waals surface area contributed by atoms with Gasteiger partial charge in [0, 0.05) is 20.1 Å². The Bertz CT molecular complexity index is 306. The van der Waals surface area contributed by atoms with Crippen LogP contribution < -0.4 is 0 Å². The predicted molar refractivity (Wildman–Crippen MR) is 71.9 cm³/mol. The molecule has 19 heavy (non-hydrogen) atoms. The van der Waals surface area contributed by atoms with Crippen LogP contribution >= 0.6 is 0 Å². The first kappa shape index (κ1) is 16.1. The van der Waals surface area contributed by atoms with E-state index in [-0.39, 0.29) is 30.7 Å². The van der Waals surface area contributed by atoms with Crippen LogP contribution in [-0.4, -0.2) is 56.1 Å². The monoisotopic (exact) mass is 271 g/mol. The molecular formula is C14H25NO4. The van der Waals surface area contributed by atoms with Gasteiger partial charge in [-0.1, -0.05) is 6.92 Å². The number of rotatable bonds is 7. The van der Waals surface area contributed by atoms with Crippen molar-refractivity contribution >= 4 is 11.8 Å². The second kappa shape index (κ2) is 8.27. The van der Waals surface area contributed by atoms with Gasteiger partial charge in [0.2, 0.25) is 0 Å². The van der Waals surface area contributed by atoms with Crippen molar-refractivity contribution in [2.75, 3.05) is 33.4 Å². The molecule has 0 aliphatic carbocycles. The van der Waals surface area contributed by atoms with Crippen molar-refractivity contribution in [3.05, 3.63) is 0 Å². The fourth-order valence-electron chi connectivity index (χ4n) is 2.35. The Morgan fingerprint density at radius 1 is 1.32 bits per heavy atom. The highest BCUT2D eigenvalue weighted by Crippen LogP contribution is 2.19. The summed E-state index contributed by atoms with van der Waals surface area (Å²) >= 11 is 0. The molecule has 1 heterocycles. The van der Waals surface area contributed by atoms with Gasteiger partial charge in [0.15, 0.2) is 0 Å². The molecule has 0 amide bonds. The fourth-order valence-corrected chi connectivity index (χ4v) is 2.35. The van der Waals surface area contributed by atoms with Crippen molar-refractivity contribution in [2.24, 2.45) is 5.92 Å². The molecule has 5 heteroatoms. The molecule has 0 aromatic heterocycles. The number of carbonyl (C=O) groups is 2. The van der Waals surface area contributed by atoms with E-state index in [0.717, 1.165) is 19.5 Å². The summed E-state index contributed by atoms with van der Waals surface area (Å²) in [5, 5.41) is 0. The third-order valence-electron chi connectivity index (χ3n) is 3.59. The Hall–Kier alpha value is -0.940. The summed E-state index contributed by atoms with van der Waals surface area (Å²) in [4.78, 5) is 25.1. The number of ketones is 1. The second-order valence-electron chi connectivity index (χ2n) is 5.12. The maximum absolute atomic E-state index is 11.8. The lowest BCUT2D eigenvalue weighted by atomic mass is 9.95. The average Bonchev–Trinajstić information content (AvgIpc) is 2.39. The van der Waals surface area contributed by atoms with Crippen molar-refractivity contribution in [1.29, 1.82) is 0 Å². The minimum atomic E-state index is -0.294. The highest BCUT2D eigenvalue weighted by atomic mass is 16.5. The van der Waals surface area contributed by atoms with E-state index in [1.165, 1.54) is 0 Å². The molecule has 110 valence electrons. The number of piperidine rings is 1. The minimum Gasteiger partial charge on any atom is -0.466 e. The van der Waals surface area contributed by atoms with Gasteiger partial charge in [0.05, 0.1) is 25.7 Å². The van der Waals surface area contributed by atoms with Crippen LogP contribution in [0.4, 0.5) is 0 Å². The standard InChI is InChI=1S/C14H25NO4/c1-4-19-14(17)6-5-12(16)9-15-8-7-11(2)13(10-15)18-3/h11,13H,4-10H2,1-3H3. The largest absolute Gasteiger partial charge is 0.466 e. The summed E-state index contributed by atoms with van der Waals surface area (Å²) in [6, 6.07) is 0. The van der Waals surface area contributed by atoms with Gasteiger partial charge in [-0.3, -0.25) is 14.5 Å². The predicted octanol–water partition coefficient (Wildman–Crippen LogP) is 1.26. The Balaban J connectivity index is 2.27. The Labute approximate surface area is 115 Å². The zero-order valence-electron chi connectivity index (χ0n) is 12.2. The third-order valence-corrected chi connectivity index (χ3v) is 3.59. The van der Waals surface area contributed by atoms with Crippen LogP contribution in [0.5, 0.6) is 0 Å². The molecule has 0 radical (unpaired) electrons. The van der Waals surface area contributed by atoms with E-state index in [0.29, 0.717) is 19.1 Å². The van der Waals surface area contributed by atoms with Crippen molar-refractivity contribution in [2.45, 2.75) is 39.2 Å². The highest BCUT2D eigenvalue weighted by molar-refractivity contribution is 5.84. The first-order valence-electron chi connectivity index (χ1n) is 6.99. The van der Waals surface area contributed by atoms with Crippen molar-refractivity contribution in [1.82, 2.24) is 4.90 Å². The van der Waals surface area contributed by atoms with Crippen molar-refractivity contribution < 1.29 is 19.1 Å². The second-order valence-corrected chi connectivity index (χ2v) is 5.12. The van der Waals surface area contributed by atoms with E-state index in [9.17, 15) is 9.59 Å². The molecule has 0 aromatic rings. The van der Waals surface area contributed by atoms with Gasteiger partial charge < -0.3 is 9.47 Å². The molecule has 1 aliphatic rings. The smallest absolute Gasteiger partial charge is 0.306 e. The van der Waals surface area contributed by atoms with Crippen LogP contribution in [-0.2, 0) is 19.1 Å². The molecule has 2 atom stereocenters. The summed E-state index contributed by atoms with van der Waals surface area (Å²) < 4.78 is 10.2. The molecule has 0 bridgehead atoms. The zero-order valence-corrected chi connectivity index (χ0v) is 12.2. The normalized spacial score (nSPS) is 24.2. The van der Waals surface area contributed by atoms with Crippen LogP contribution in [0.25, 0.3) is 0 Å². The van der Waals surface area contributed by atoms with Gasteiger partial charge in [-0.05, 0) is 25.8 Å². The number of carbonyl (C=O) groups excluding carboxylic acids is 2. The molecule has 2 unspecified atom stereocenters. The lowest BCUT2D eigenvalue weighted by Crippen LogP contribution is -2.45. The van der Waals surface area contributed by atoms with Crippen LogP contribution in [0, 0.1) is 5.92 Å². The van der Waals surface area contributed by atoms with E-state index in [4.69, 9.17) is 9.47 Å². The van der Waals surface area contributed by atoms with Crippen LogP contribution in [0.15, 0.2) is 0 Å². The Kier molecular flexibility index (Phi) is 7.02. The quantitative estimate of drug-likeness (QED) is 0.652. The topological polar surface area (TPSA) is 55.8 Å². The first-order valence-corrected chi connectivity index (χ1v) is 6.99. The summed E-state index contributed by atoms with van der Waals surface area (Å²) in [6.45, 7) is 6.43. The number of likely N-dealkylation sites (tertiary alicyclic amines) is 1. The van der Waals surface area contributed by atoms with Gasteiger partial charge in [-0.2, -0.15) is 0 Å². The van der Waals surface area contributed by atoms with Crippen LogP contribution in [0.3, 0.4) is 0 Å². The number of hydrogen-bond acceptors (Lipinski definition) is 5. The fraction of sp³-hybridized carbons (Fsp3) is 0.857. The molecule has 5 nitrogen and oxygen atoms in total. The number of methoxy groups -OCH3 is 1. The Morgan fingerprint density at radius 3 is 2.68 bits per heavy atom. The SMILES string of the molecule is CCOC(=O)CCC(=O)CN1CCC(C)C(OC)C1. The molecule has 0 N–H and O–H groups in total. The number of nitrogens with zero attached hydrogens (tertiary/aromatic N) is 1.